The fraction of sp³-hybridized carbons (Fsp3) is 0.647. The first kappa shape index (κ1) is 16.6. The molecule has 1 unspecified atom stereocenters. The van der Waals surface area contributed by atoms with E-state index in [9.17, 15) is 0 Å². The molecule has 0 aromatic heterocycles. The van der Waals surface area contributed by atoms with Crippen LogP contribution >= 0.6 is 11.6 Å². The van der Waals surface area contributed by atoms with Crippen molar-refractivity contribution in [2.24, 2.45) is 0 Å². The third-order valence-corrected chi connectivity index (χ3v) is 4.55. The Hall–Kier alpha value is -0.770. The van der Waals surface area contributed by atoms with Gasteiger partial charge in [0.2, 0.25) is 0 Å². The quantitative estimate of drug-likeness (QED) is 0.869. The van der Waals surface area contributed by atoms with E-state index in [1.165, 1.54) is 30.6 Å². The van der Waals surface area contributed by atoms with Crippen molar-refractivity contribution in [1.82, 2.24) is 10.2 Å². The summed E-state index contributed by atoms with van der Waals surface area (Å²) in [5.74, 6) is 0. The summed E-state index contributed by atoms with van der Waals surface area (Å²) in [4.78, 5) is 4.82. The van der Waals surface area contributed by atoms with Crippen molar-refractivity contribution in [3.05, 3.63) is 28.8 Å². The zero-order valence-electron chi connectivity index (χ0n) is 13.7. The van der Waals surface area contributed by atoms with Crippen molar-refractivity contribution < 1.29 is 0 Å². The van der Waals surface area contributed by atoms with Crippen LogP contribution in [0.2, 0.25) is 5.02 Å². The molecule has 1 atom stereocenters. The number of rotatable bonds is 6. The van der Waals surface area contributed by atoms with Crippen molar-refractivity contribution in [2.45, 2.75) is 45.3 Å². The highest BCUT2D eigenvalue weighted by molar-refractivity contribution is 6.30. The summed E-state index contributed by atoms with van der Waals surface area (Å²) in [7, 11) is 4.40. The Kier molecular flexibility index (Phi) is 5.91. The van der Waals surface area contributed by atoms with E-state index < -0.39 is 0 Å². The van der Waals surface area contributed by atoms with Gasteiger partial charge in [-0.05, 0) is 44.1 Å². The Bertz CT molecular complexity index is 461. The molecular formula is C17H28ClN3. The van der Waals surface area contributed by atoms with Crippen LogP contribution in [0.5, 0.6) is 0 Å². The minimum atomic E-state index is 0.486. The number of nitrogens with one attached hydrogen (secondary N) is 1. The minimum Gasteiger partial charge on any atom is -0.373 e. The van der Waals surface area contributed by atoms with Crippen molar-refractivity contribution >= 4 is 17.3 Å². The zero-order valence-corrected chi connectivity index (χ0v) is 14.5. The maximum absolute atomic E-state index is 6.21. The van der Waals surface area contributed by atoms with Gasteiger partial charge in [0.15, 0.2) is 0 Å². The van der Waals surface area contributed by atoms with E-state index in [1.807, 2.05) is 6.07 Å². The van der Waals surface area contributed by atoms with Crippen LogP contribution in [-0.2, 0) is 6.54 Å². The van der Waals surface area contributed by atoms with E-state index in [-0.39, 0.29) is 0 Å². The largest absolute Gasteiger partial charge is 0.373 e. The molecule has 118 valence electrons. The number of nitrogens with zero attached hydrogens (tertiary/aromatic N) is 2. The van der Waals surface area contributed by atoms with E-state index >= 15 is 0 Å². The third kappa shape index (κ3) is 4.60. The first-order valence-electron chi connectivity index (χ1n) is 7.90. The molecule has 1 saturated heterocycles. The second-order valence-electron chi connectivity index (χ2n) is 6.47. The van der Waals surface area contributed by atoms with Gasteiger partial charge in [0.1, 0.15) is 0 Å². The molecule has 1 aliphatic heterocycles. The van der Waals surface area contributed by atoms with Crippen LogP contribution in [0.25, 0.3) is 0 Å². The van der Waals surface area contributed by atoms with Crippen molar-refractivity contribution in [3.63, 3.8) is 0 Å². The van der Waals surface area contributed by atoms with Gasteiger partial charge in [-0.1, -0.05) is 31.5 Å². The summed E-state index contributed by atoms with van der Waals surface area (Å²) < 4.78 is 0. The number of benzene rings is 1. The third-order valence-electron chi connectivity index (χ3n) is 4.32. The van der Waals surface area contributed by atoms with Gasteiger partial charge in [-0.3, -0.25) is 0 Å². The fourth-order valence-electron chi connectivity index (χ4n) is 2.98. The van der Waals surface area contributed by atoms with Gasteiger partial charge in [-0.2, -0.15) is 0 Å². The molecular weight excluding hydrogens is 282 g/mol. The predicted molar refractivity (Wildman–Crippen MR) is 92.3 cm³/mol. The predicted octanol–water partition coefficient (Wildman–Crippen LogP) is 3.37. The second-order valence-corrected chi connectivity index (χ2v) is 6.90. The van der Waals surface area contributed by atoms with Crippen LogP contribution in [0.1, 0.15) is 32.3 Å². The van der Waals surface area contributed by atoms with Gasteiger partial charge in [0.05, 0.1) is 0 Å². The first-order chi connectivity index (χ1) is 9.97. The van der Waals surface area contributed by atoms with Crippen molar-refractivity contribution in [2.75, 3.05) is 32.1 Å². The van der Waals surface area contributed by atoms with E-state index in [1.54, 1.807) is 0 Å². The SMILES string of the molecule is CC(C)NCc1ccc(Cl)cc1N(C)CC1CCCN1C. The highest BCUT2D eigenvalue weighted by Crippen LogP contribution is 2.26. The van der Waals surface area contributed by atoms with Crippen LogP contribution in [0.4, 0.5) is 5.69 Å². The maximum atomic E-state index is 6.21. The molecule has 1 aromatic rings. The number of likely N-dealkylation sites (tertiary alicyclic amines) is 1. The molecule has 1 heterocycles. The Morgan fingerprint density at radius 1 is 1.43 bits per heavy atom. The average Bonchev–Trinajstić information content (AvgIpc) is 2.82. The molecule has 0 bridgehead atoms. The Morgan fingerprint density at radius 3 is 2.81 bits per heavy atom. The van der Waals surface area contributed by atoms with E-state index in [0.717, 1.165) is 18.1 Å². The summed E-state index contributed by atoms with van der Waals surface area (Å²) in [5.41, 5.74) is 2.56. The molecule has 1 aromatic carbocycles. The Morgan fingerprint density at radius 2 is 2.19 bits per heavy atom. The number of likely N-dealkylation sites (N-methyl/N-ethyl adjacent to an activating group) is 2. The number of anilines is 1. The van der Waals surface area contributed by atoms with Gasteiger partial charge in [0, 0.05) is 42.9 Å². The molecule has 0 spiro atoms. The summed E-state index contributed by atoms with van der Waals surface area (Å²) in [6, 6.07) is 7.35. The highest BCUT2D eigenvalue weighted by Gasteiger charge is 2.23. The molecule has 2 rings (SSSR count). The molecule has 0 radical (unpaired) electrons. The van der Waals surface area contributed by atoms with Gasteiger partial charge < -0.3 is 15.1 Å². The normalized spacial score (nSPS) is 19.4. The van der Waals surface area contributed by atoms with E-state index in [2.05, 4.69) is 55.2 Å². The number of hydrogen-bond donors (Lipinski definition) is 1. The van der Waals surface area contributed by atoms with Crippen LogP contribution in [0, 0.1) is 0 Å². The van der Waals surface area contributed by atoms with Crippen molar-refractivity contribution in [1.29, 1.82) is 0 Å². The molecule has 1 aliphatic rings. The topological polar surface area (TPSA) is 18.5 Å². The van der Waals surface area contributed by atoms with Gasteiger partial charge >= 0.3 is 0 Å². The lowest BCUT2D eigenvalue weighted by molar-refractivity contribution is 0.314. The average molecular weight is 310 g/mol. The lowest BCUT2D eigenvalue weighted by Crippen LogP contribution is -2.37. The molecule has 4 heteroatoms. The summed E-state index contributed by atoms with van der Waals surface area (Å²) in [6.45, 7) is 7.51. The van der Waals surface area contributed by atoms with Crippen LogP contribution in [0.3, 0.4) is 0 Å². The fourth-order valence-corrected chi connectivity index (χ4v) is 3.15. The molecule has 0 amide bonds. The van der Waals surface area contributed by atoms with Crippen molar-refractivity contribution in [3.8, 4) is 0 Å². The second kappa shape index (κ2) is 7.48. The smallest absolute Gasteiger partial charge is 0.0426 e. The Balaban J connectivity index is 2.10. The zero-order chi connectivity index (χ0) is 15.4. The summed E-state index contributed by atoms with van der Waals surface area (Å²) in [6.07, 6.45) is 2.60. The van der Waals surface area contributed by atoms with Crippen LogP contribution in [-0.4, -0.2) is 44.2 Å². The van der Waals surface area contributed by atoms with E-state index in [4.69, 9.17) is 11.6 Å². The molecule has 21 heavy (non-hydrogen) atoms. The van der Waals surface area contributed by atoms with Crippen LogP contribution in [0.15, 0.2) is 18.2 Å². The van der Waals surface area contributed by atoms with Gasteiger partial charge in [-0.25, -0.2) is 0 Å². The first-order valence-corrected chi connectivity index (χ1v) is 8.28. The number of hydrogen-bond acceptors (Lipinski definition) is 3. The standard InChI is InChI=1S/C17H28ClN3/c1-13(2)19-11-14-7-8-15(18)10-17(14)21(4)12-16-6-5-9-20(16)3/h7-8,10,13,16,19H,5-6,9,11-12H2,1-4H3. The number of halogens is 1. The molecule has 1 N–H and O–H groups in total. The maximum Gasteiger partial charge on any atom is 0.0426 e. The summed E-state index contributed by atoms with van der Waals surface area (Å²) in [5, 5.41) is 4.31. The Labute approximate surface area is 134 Å². The highest BCUT2D eigenvalue weighted by atomic mass is 35.5. The molecule has 3 nitrogen and oxygen atoms in total. The molecule has 1 fully saturated rings. The molecule has 0 aliphatic carbocycles. The lowest BCUT2D eigenvalue weighted by Gasteiger charge is -2.29. The van der Waals surface area contributed by atoms with Gasteiger partial charge in [-0.15, -0.1) is 0 Å². The monoisotopic (exact) mass is 309 g/mol. The minimum absolute atomic E-state index is 0.486. The van der Waals surface area contributed by atoms with Crippen LogP contribution < -0.4 is 10.2 Å². The lowest BCUT2D eigenvalue weighted by atomic mass is 10.1. The molecule has 0 saturated carbocycles. The van der Waals surface area contributed by atoms with E-state index in [0.29, 0.717) is 12.1 Å². The summed E-state index contributed by atoms with van der Waals surface area (Å²) >= 11 is 6.21. The van der Waals surface area contributed by atoms with Gasteiger partial charge in [0.25, 0.3) is 0 Å².